The fourth-order valence-corrected chi connectivity index (χ4v) is 2.89. The first-order valence-corrected chi connectivity index (χ1v) is 6.71. The second kappa shape index (κ2) is 3.77. The molecule has 0 bridgehead atoms. The maximum absolute atomic E-state index is 11.6. The van der Waals surface area contributed by atoms with Gasteiger partial charge >= 0.3 is 0 Å². The van der Waals surface area contributed by atoms with Crippen LogP contribution in [0.25, 0.3) is 0 Å². The normalized spacial score (nSPS) is 17.7. The van der Waals surface area contributed by atoms with Crippen molar-refractivity contribution >= 4 is 21.6 Å². The van der Waals surface area contributed by atoms with E-state index in [1.807, 2.05) is 4.57 Å². The molecule has 1 aromatic rings. The summed E-state index contributed by atoms with van der Waals surface area (Å²) in [4.78, 5) is 4.08. The van der Waals surface area contributed by atoms with Crippen LogP contribution < -0.4 is 0 Å². The van der Waals surface area contributed by atoms with Gasteiger partial charge in [-0.25, -0.2) is 13.4 Å². The summed E-state index contributed by atoms with van der Waals surface area (Å²) >= 11 is 5.89. The lowest BCUT2D eigenvalue weighted by atomic mass is 10.4. The Labute approximate surface area is 93.7 Å². The molecule has 2 rings (SSSR count). The molecule has 7 heteroatoms. The van der Waals surface area contributed by atoms with Crippen molar-refractivity contribution in [2.75, 3.05) is 12.3 Å². The van der Waals surface area contributed by atoms with Crippen molar-refractivity contribution in [1.82, 2.24) is 13.9 Å². The molecule has 0 saturated carbocycles. The summed E-state index contributed by atoms with van der Waals surface area (Å²) in [5, 5.41) is 0.568. The molecule has 0 saturated heterocycles. The molecule has 0 fully saturated rings. The third-order valence-corrected chi connectivity index (χ3v) is 4.67. The smallest absolute Gasteiger partial charge is 0.214 e. The van der Waals surface area contributed by atoms with Crippen LogP contribution in [0.3, 0.4) is 0 Å². The predicted octanol–water partition coefficient (Wildman–Crippen LogP) is 0.702. The summed E-state index contributed by atoms with van der Waals surface area (Å²) in [5.74, 6) is 0.838. The summed E-state index contributed by atoms with van der Waals surface area (Å²) < 4.78 is 26.5. The number of rotatable bonds is 2. The van der Waals surface area contributed by atoms with Crippen molar-refractivity contribution in [1.29, 1.82) is 0 Å². The number of sulfonamides is 1. The largest absolute Gasteiger partial charge is 0.317 e. The minimum atomic E-state index is -3.12. The molecule has 0 aliphatic carbocycles. The monoisotopic (exact) mass is 249 g/mol. The van der Waals surface area contributed by atoms with E-state index in [1.54, 1.807) is 13.1 Å². The Bertz CT molecular complexity index is 468. The van der Waals surface area contributed by atoms with Crippen LogP contribution >= 0.6 is 11.6 Å². The highest BCUT2D eigenvalue weighted by Gasteiger charge is 2.26. The van der Waals surface area contributed by atoms with Gasteiger partial charge in [-0.15, -0.1) is 0 Å². The molecular formula is C8H12ClN3O2S. The van der Waals surface area contributed by atoms with Crippen LogP contribution in [0.2, 0.25) is 5.15 Å². The second-order valence-corrected chi connectivity index (χ2v) is 6.03. The van der Waals surface area contributed by atoms with E-state index in [0.717, 1.165) is 0 Å². The SMILES string of the molecule is CCS(=O)(=O)N1CCn2c(Cl)cnc2C1. The summed E-state index contributed by atoms with van der Waals surface area (Å²) in [6.07, 6.45) is 1.55. The van der Waals surface area contributed by atoms with Crippen LogP contribution in [0.1, 0.15) is 12.7 Å². The van der Waals surface area contributed by atoms with Gasteiger partial charge in [0.2, 0.25) is 10.0 Å². The van der Waals surface area contributed by atoms with Gasteiger partial charge < -0.3 is 4.57 Å². The van der Waals surface area contributed by atoms with Crippen molar-refractivity contribution in [3.63, 3.8) is 0 Å². The highest BCUT2D eigenvalue weighted by Crippen LogP contribution is 2.19. The zero-order valence-electron chi connectivity index (χ0n) is 8.35. The van der Waals surface area contributed by atoms with E-state index in [0.29, 0.717) is 30.6 Å². The van der Waals surface area contributed by atoms with Crippen molar-refractivity contribution < 1.29 is 8.42 Å². The fraction of sp³-hybridized carbons (Fsp3) is 0.625. The van der Waals surface area contributed by atoms with E-state index in [9.17, 15) is 8.42 Å². The molecule has 15 heavy (non-hydrogen) atoms. The predicted molar refractivity (Wildman–Crippen MR) is 57.1 cm³/mol. The third-order valence-electron chi connectivity index (χ3n) is 2.54. The van der Waals surface area contributed by atoms with E-state index in [2.05, 4.69) is 4.98 Å². The van der Waals surface area contributed by atoms with Gasteiger partial charge in [-0.05, 0) is 6.92 Å². The topological polar surface area (TPSA) is 55.2 Å². The number of imidazole rings is 1. The van der Waals surface area contributed by atoms with Gasteiger partial charge in [-0.1, -0.05) is 11.6 Å². The average Bonchev–Trinajstić information content (AvgIpc) is 2.60. The Balaban J connectivity index is 2.27. The molecule has 0 atom stereocenters. The van der Waals surface area contributed by atoms with Crippen molar-refractivity contribution in [2.45, 2.75) is 20.0 Å². The molecular weight excluding hydrogens is 238 g/mol. The number of nitrogens with zero attached hydrogens (tertiary/aromatic N) is 3. The van der Waals surface area contributed by atoms with E-state index in [-0.39, 0.29) is 5.75 Å². The number of hydrogen-bond acceptors (Lipinski definition) is 3. The molecule has 0 radical (unpaired) electrons. The zero-order chi connectivity index (χ0) is 11.1. The Morgan fingerprint density at radius 1 is 1.53 bits per heavy atom. The van der Waals surface area contributed by atoms with Crippen molar-refractivity contribution in [3.8, 4) is 0 Å². The van der Waals surface area contributed by atoms with Gasteiger partial charge in [0.25, 0.3) is 0 Å². The highest BCUT2D eigenvalue weighted by molar-refractivity contribution is 7.89. The molecule has 0 unspecified atom stereocenters. The standard InChI is InChI=1S/C8H12ClN3O2S/c1-2-15(13,14)11-3-4-12-7(9)5-10-8(12)6-11/h5H,2-4,6H2,1H3. The van der Waals surface area contributed by atoms with E-state index in [1.165, 1.54) is 4.31 Å². The molecule has 5 nitrogen and oxygen atoms in total. The first kappa shape index (κ1) is 10.9. The molecule has 0 spiro atoms. The average molecular weight is 250 g/mol. The van der Waals surface area contributed by atoms with Gasteiger partial charge in [0.1, 0.15) is 11.0 Å². The van der Waals surface area contributed by atoms with E-state index < -0.39 is 10.0 Å². The van der Waals surface area contributed by atoms with Gasteiger partial charge in [0, 0.05) is 13.1 Å². The Hall–Kier alpha value is -0.590. The maximum atomic E-state index is 11.6. The van der Waals surface area contributed by atoms with E-state index >= 15 is 0 Å². The molecule has 2 heterocycles. The lowest BCUT2D eigenvalue weighted by molar-refractivity contribution is 0.336. The van der Waals surface area contributed by atoms with Crippen LogP contribution in [0.4, 0.5) is 0 Å². The minimum Gasteiger partial charge on any atom is -0.317 e. The lowest BCUT2D eigenvalue weighted by Gasteiger charge is -2.26. The minimum absolute atomic E-state index is 0.126. The van der Waals surface area contributed by atoms with Crippen LogP contribution in [0.15, 0.2) is 6.20 Å². The fourth-order valence-electron chi connectivity index (χ4n) is 1.62. The Kier molecular flexibility index (Phi) is 2.74. The number of fused-ring (bicyclic) bond motifs is 1. The van der Waals surface area contributed by atoms with Gasteiger partial charge in [-0.2, -0.15) is 4.31 Å². The zero-order valence-corrected chi connectivity index (χ0v) is 9.92. The number of hydrogen-bond donors (Lipinski definition) is 0. The first-order chi connectivity index (χ1) is 7.04. The molecule has 1 aliphatic heterocycles. The molecule has 0 amide bonds. The van der Waals surface area contributed by atoms with Gasteiger partial charge in [0.05, 0.1) is 18.5 Å². The maximum Gasteiger partial charge on any atom is 0.214 e. The Morgan fingerprint density at radius 2 is 2.27 bits per heavy atom. The summed E-state index contributed by atoms with van der Waals surface area (Å²) in [6.45, 7) is 3.01. The molecule has 1 aliphatic rings. The molecule has 0 aromatic carbocycles. The summed E-state index contributed by atoms with van der Waals surface area (Å²) in [6, 6.07) is 0. The van der Waals surface area contributed by atoms with Gasteiger partial charge in [-0.3, -0.25) is 0 Å². The van der Waals surface area contributed by atoms with E-state index in [4.69, 9.17) is 11.6 Å². The van der Waals surface area contributed by atoms with Crippen LogP contribution in [0, 0.1) is 0 Å². The Morgan fingerprint density at radius 3 is 2.93 bits per heavy atom. The summed E-state index contributed by atoms with van der Waals surface area (Å²) in [5.41, 5.74) is 0. The third kappa shape index (κ3) is 1.89. The molecule has 84 valence electrons. The summed E-state index contributed by atoms with van der Waals surface area (Å²) in [7, 11) is -3.12. The van der Waals surface area contributed by atoms with Crippen LogP contribution in [-0.2, 0) is 23.1 Å². The molecule has 1 aromatic heterocycles. The first-order valence-electron chi connectivity index (χ1n) is 4.72. The van der Waals surface area contributed by atoms with Crippen molar-refractivity contribution in [3.05, 3.63) is 17.2 Å². The molecule has 0 N–H and O–H groups in total. The number of aromatic nitrogens is 2. The van der Waals surface area contributed by atoms with Crippen LogP contribution in [-0.4, -0.2) is 34.6 Å². The number of halogens is 1. The lowest BCUT2D eigenvalue weighted by Crippen LogP contribution is -2.39. The van der Waals surface area contributed by atoms with Gasteiger partial charge in [0.15, 0.2) is 0 Å². The van der Waals surface area contributed by atoms with Crippen molar-refractivity contribution in [2.24, 2.45) is 0 Å². The van der Waals surface area contributed by atoms with Crippen LogP contribution in [0.5, 0.6) is 0 Å². The highest BCUT2D eigenvalue weighted by atomic mass is 35.5. The quantitative estimate of drug-likeness (QED) is 0.776. The second-order valence-electron chi connectivity index (χ2n) is 3.38.